The second-order valence-corrected chi connectivity index (χ2v) is 3.80. The van der Waals surface area contributed by atoms with Gasteiger partial charge in [-0.15, -0.1) is 0 Å². The van der Waals surface area contributed by atoms with Crippen molar-refractivity contribution in [2.45, 2.75) is 32.1 Å². The molecule has 0 bridgehead atoms. The van der Waals surface area contributed by atoms with Crippen LogP contribution in [0, 0.1) is 5.41 Å². The first-order valence-electron chi connectivity index (χ1n) is 4.77. The molecule has 0 saturated heterocycles. The average Bonchev–Trinajstić information content (AvgIpc) is 2.16. The van der Waals surface area contributed by atoms with Crippen LogP contribution in [-0.2, 0) is 4.79 Å². The molecule has 0 radical (unpaired) electrons. The van der Waals surface area contributed by atoms with E-state index in [0.717, 1.165) is 19.3 Å². The molecule has 1 aliphatic rings. The Balaban J connectivity index is 2.60. The van der Waals surface area contributed by atoms with Crippen LogP contribution in [0.15, 0.2) is 0 Å². The van der Waals surface area contributed by atoms with E-state index in [1.807, 2.05) is 0 Å². The van der Waals surface area contributed by atoms with Crippen molar-refractivity contribution in [2.24, 2.45) is 5.41 Å². The van der Waals surface area contributed by atoms with Gasteiger partial charge in [0, 0.05) is 6.54 Å². The zero-order valence-electron chi connectivity index (χ0n) is 7.95. The Morgan fingerprint density at radius 2 is 1.71 bits per heavy atom. The van der Waals surface area contributed by atoms with Gasteiger partial charge in [0.1, 0.15) is 0 Å². The highest BCUT2D eigenvalue weighted by Gasteiger charge is 2.39. The first-order chi connectivity index (χ1) is 6.57. The minimum atomic E-state index is -1.16. The first-order valence-corrected chi connectivity index (χ1v) is 4.77. The molecule has 0 aromatic rings. The number of carboxylic acid groups (broad SMARTS) is 2. The van der Waals surface area contributed by atoms with Gasteiger partial charge in [0.25, 0.3) is 0 Å². The third-order valence-corrected chi connectivity index (χ3v) is 2.84. The van der Waals surface area contributed by atoms with Crippen LogP contribution in [0.1, 0.15) is 32.1 Å². The molecule has 0 aromatic heterocycles. The highest BCUT2D eigenvalue weighted by atomic mass is 16.4. The molecule has 5 heteroatoms. The molecule has 3 N–H and O–H groups in total. The number of aliphatic carboxylic acids is 1. The van der Waals surface area contributed by atoms with E-state index in [1.165, 1.54) is 0 Å². The fraction of sp³-hybridized carbons (Fsp3) is 0.778. The van der Waals surface area contributed by atoms with Crippen LogP contribution in [0.5, 0.6) is 0 Å². The first kappa shape index (κ1) is 10.8. The standard InChI is InChI=1S/C9H15NO4/c11-7(12)9(6-10-8(13)14)4-2-1-3-5-9/h10H,1-6H2,(H,11,12)(H,13,14). The second-order valence-electron chi connectivity index (χ2n) is 3.80. The van der Waals surface area contributed by atoms with E-state index in [0.29, 0.717) is 12.8 Å². The lowest BCUT2D eigenvalue weighted by molar-refractivity contribution is -0.150. The molecule has 5 nitrogen and oxygen atoms in total. The number of amides is 1. The molecule has 80 valence electrons. The topological polar surface area (TPSA) is 86.6 Å². The van der Waals surface area contributed by atoms with E-state index in [1.54, 1.807) is 0 Å². The Kier molecular flexibility index (Phi) is 3.33. The Morgan fingerprint density at radius 1 is 1.14 bits per heavy atom. The molecule has 1 saturated carbocycles. The Bertz CT molecular complexity index is 233. The van der Waals surface area contributed by atoms with Crippen molar-refractivity contribution in [2.75, 3.05) is 6.54 Å². The second kappa shape index (κ2) is 4.30. The van der Waals surface area contributed by atoms with Gasteiger partial charge in [0.05, 0.1) is 5.41 Å². The lowest BCUT2D eigenvalue weighted by atomic mass is 9.74. The van der Waals surface area contributed by atoms with E-state index in [-0.39, 0.29) is 6.54 Å². The van der Waals surface area contributed by atoms with Crippen LogP contribution in [0.3, 0.4) is 0 Å². The van der Waals surface area contributed by atoms with Crippen LogP contribution in [0.25, 0.3) is 0 Å². The van der Waals surface area contributed by atoms with Gasteiger partial charge in [-0.05, 0) is 12.8 Å². The predicted molar refractivity (Wildman–Crippen MR) is 49.2 cm³/mol. The van der Waals surface area contributed by atoms with Crippen molar-refractivity contribution in [1.29, 1.82) is 0 Å². The van der Waals surface area contributed by atoms with Crippen molar-refractivity contribution in [1.82, 2.24) is 5.32 Å². The lowest BCUT2D eigenvalue weighted by Gasteiger charge is -2.32. The summed E-state index contributed by atoms with van der Waals surface area (Å²) >= 11 is 0. The summed E-state index contributed by atoms with van der Waals surface area (Å²) in [5.74, 6) is -0.883. The number of carbonyl (C=O) groups is 2. The summed E-state index contributed by atoms with van der Waals surface area (Å²) < 4.78 is 0. The van der Waals surface area contributed by atoms with Crippen LogP contribution < -0.4 is 5.32 Å². The Labute approximate surface area is 82.1 Å². The Hall–Kier alpha value is -1.26. The number of rotatable bonds is 3. The summed E-state index contributed by atoms with van der Waals surface area (Å²) in [7, 11) is 0. The van der Waals surface area contributed by atoms with Gasteiger partial charge >= 0.3 is 12.1 Å². The summed E-state index contributed by atoms with van der Waals surface area (Å²) in [5.41, 5.74) is -0.864. The van der Waals surface area contributed by atoms with E-state index < -0.39 is 17.5 Å². The van der Waals surface area contributed by atoms with Gasteiger partial charge in [-0.3, -0.25) is 4.79 Å². The van der Waals surface area contributed by atoms with E-state index in [2.05, 4.69) is 5.32 Å². The molecule has 0 atom stereocenters. The summed E-state index contributed by atoms with van der Waals surface area (Å²) in [6.45, 7) is 0.0255. The molecule has 1 aliphatic carbocycles. The third kappa shape index (κ3) is 2.37. The van der Waals surface area contributed by atoms with E-state index in [9.17, 15) is 9.59 Å². The maximum atomic E-state index is 11.1. The summed E-state index contributed by atoms with van der Waals surface area (Å²) in [6.07, 6.45) is 2.77. The van der Waals surface area contributed by atoms with Gasteiger partial charge in [-0.1, -0.05) is 19.3 Å². The zero-order chi connectivity index (χ0) is 10.6. The average molecular weight is 201 g/mol. The lowest BCUT2D eigenvalue weighted by Crippen LogP contribution is -2.44. The largest absolute Gasteiger partial charge is 0.481 e. The number of hydrogen-bond donors (Lipinski definition) is 3. The van der Waals surface area contributed by atoms with Crippen LogP contribution in [0.2, 0.25) is 0 Å². The fourth-order valence-electron chi connectivity index (χ4n) is 1.94. The van der Waals surface area contributed by atoms with Gasteiger partial charge in [-0.25, -0.2) is 4.79 Å². The SMILES string of the molecule is O=C(O)NCC1(C(=O)O)CCCCC1. The Morgan fingerprint density at radius 3 is 2.14 bits per heavy atom. The quantitative estimate of drug-likeness (QED) is 0.642. The molecule has 0 heterocycles. The molecular weight excluding hydrogens is 186 g/mol. The predicted octanol–water partition coefficient (Wildman–Crippen LogP) is 1.29. The van der Waals surface area contributed by atoms with Gasteiger partial charge in [0.15, 0.2) is 0 Å². The van der Waals surface area contributed by atoms with Gasteiger partial charge < -0.3 is 15.5 Å². The number of carboxylic acids is 1. The highest BCUT2D eigenvalue weighted by Crippen LogP contribution is 2.35. The molecule has 14 heavy (non-hydrogen) atoms. The van der Waals surface area contributed by atoms with Crippen molar-refractivity contribution in [3.05, 3.63) is 0 Å². The fourth-order valence-corrected chi connectivity index (χ4v) is 1.94. The summed E-state index contributed by atoms with van der Waals surface area (Å²) in [5, 5.41) is 19.7. The molecule has 0 spiro atoms. The van der Waals surface area contributed by atoms with Gasteiger partial charge in [-0.2, -0.15) is 0 Å². The molecule has 1 fully saturated rings. The highest BCUT2D eigenvalue weighted by molar-refractivity contribution is 5.76. The minimum absolute atomic E-state index is 0.0255. The van der Waals surface area contributed by atoms with Crippen LogP contribution in [-0.4, -0.2) is 28.8 Å². The molecule has 0 unspecified atom stereocenters. The molecule has 1 amide bonds. The van der Waals surface area contributed by atoms with E-state index in [4.69, 9.17) is 10.2 Å². The van der Waals surface area contributed by atoms with E-state index >= 15 is 0 Å². The van der Waals surface area contributed by atoms with Crippen molar-refractivity contribution in [3.63, 3.8) is 0 Å². The minimum Gasteiger partial charge on any atom is -0.481 e. The third-order valence-electron chi connectivity index (χ3n) is 2.84. The van der Waals surface area contributed by atoms with Crippen LogP contribution >= 0.6 is 0 Å². The van der Waals surface area contributed by atoms with Gasteiger partial charge in [0.2, 0.25) is 0 Å². The zero-order valence-corrected chi connectivity index (χ0v) is 7.95. The molecule has 0 aliphatic heterocycles. The maximum absolute atomic E-state index is 11.1. The van der Waals surface area contributed by atoms with Crippen molar-refractivity contribution in [3.8, 4) is 0 Å². The normalized spacial score (nSPS) is 20.0. The summed E-state index contributed by atoms with van der Waals surface area (Å²) in [6, 6.07) is 0. The van der Waals surface area contributed by atoms with Crippen molar-refractivity contribution < 1.29 is 19.8 Å². The van der Waals surface area contributed by atoms with Crippen LogP contribution in [0.4, 0.5) is 4.79 Å². The smallest absolute Gasteiger partial charge is 0.404 e. The monoisotopic (exact) mass is 201 g/mol. The maximum Gasteiger partial charge on any atom is 0.404 e. The molecular formula is C9H15NO4. The molecule has 0 aromatic carbocycles. The summed E-state index contributed by atoms with van der Waals surface area (Å²) in [4.78, 5) is 21.4. The van der Waals surface area contributed by atoms with Crippen molar-refractivity contribution >= 4 is 12.1 Å². The number of nitrogens with one attached hydrogen (secondary N) is 1. The number of hydrogen-bond acceptors (Lipinski definition) is 2. The molecule has 1 rings (SSSR count).